The fourth-order valence-corrected chi connectivity index (χ4v) is 5.16. The van der Waals surface area contributed by atoms with Crippen molar-refractivity contribution >= 4 is 65.5 Å². The lowest BCUT2D eigenvalue weighted by atomic mass is 9.95. The Kier molecular flexibility index (Phi) is 2.25. The first-order valence-corrected chi connectivity index (χ1v) is 8.87. The maximum Gasteiger partial charge on any atom is 0.118 e. The number of benzene rings is 3. The molecule has 0 unspecified atom stereocenters. The summed E-state index contributed by atoms with van der Waals surface area (Å²) < 4.78 is 2.70. The summed E-state index contributed by atoms with van der Waals surface area (Å²) in [5, 5.41) is 5.36. The minimum atomic E-state index is 1.20. The first kappa shape index (κ1) is 12.5. The smallest absolute Gasteiger partial charge is 0.118 e. The summed E-state index contributed by atoms with van der Waals surface area (Å²) in [5.74, 6) is 0. The maximum atomic E-state index is 3.66. The predicted molar refractivity (Wildman–Crippen MR) is 105 cm³/mol. The minimum absolute atomic E-state index is 1.20. The monoisotopic (exact) mass is 322 g/mol. The van der Waals surface area contributed by atoms with Gasteiger partial charge in [0.1, 0.15) is 28.0 Å². The van der Waals surface area contributed by atoms with Crippen LogP contribution in [0.3, 0.4) is 0 Å². The molecular formula is C22H12NS+. The van der Waals surface area contributed by atoms with Crippen molar-refractivity contribution in [2.75, 3.05) is 0 Å². The standard InChI is InChI=1S/C22H12NS/c1-2-8-14-13(7-1)21-19(15-9-3-5-11-17(15)23-21)20-16-10-4-6-12-18(16)24-22(14)20/h1,3-12,23H/q+1. The quantitative estimate of drug-likeness (QED) is 0.312. The van der Waals surface area contributed by atoms with E-state index in [1.54, 1.807) is 0 Å². The van der Waals surface area contributed by atoms with Gasteiger partial charge in [0.05, 0.1) is 11.6 Å². The third kappa shape index (κ3) is 1.43. The zero-order chi connectivity index (χ0) is 15.7. The number of aromatic amines is 1. The summed E-state index contributed by atoms with van der Waals surface area (Å²) >= 11 is 1.88. The highest BCUT2D eigenvalue weighted by Gasteiger charge is 2.24. The number of aromatic nitrogens is 1. The first-order chi connectivity index (χ1) is 11.9. The fraction of sp³-hybridized carbons (Fsp3) is 0. The molecule has 0 saturated carbocycles. The topological polar surface area (TPSA) is 15.8 Å². The van der Waals surface area contributed by atoms with Crippen molar-refractivity contribution in [3.63, 3.8) is 0 Å². The zero-order valence-electron chi connectivity index (χ0n) is 12.8. The number of para-hydroxylation sites is 1. The van der Waals surface area contributed by atoms with Gasteiger partial charge in [0.25, 0.3) is 0 Å². The molecule has 0 radical (unpaired) electrons. The number of H-pyrrole nitrogens is 1. The van der Waals surface area contributed by atoms with E-state index in [9.17, 15) is 0 Å². The summed E-state index contributed by atoms with van der Waals surface area (Å²) in [6.45, 7) is 0. The molecule has 24 heavy (non-hydrogen) atoms. The Morgan fingerprint density at radius 1 is 0.833 bits per heavy atom. The third-order valence-electron chi connectivity index (χ3n) is 4.93. The van der Waals surface area contributed by atoms with Gasteiger partial charge in [-0.3, -0.25) is 0 Å². The lowest BCUT2D eigenvalue weighted by Crippen LogP contribution is -1.88. The SMILES string of the molecule is [C+]1=Cc2c(c3[nH]c4ccccc4c3c3c2sc2ccccc23)C=C1. The van der Waals surface area contributed by atoms with Gasteiger partial charge in [-0.15, -0.1) is 11.3 Å². The molecule has 2 heterocycles. The number of rotatable bonds is 0. The minimum Gasteiger partial charge on any atom is -0.352 e. The molecule has 0 bridgehead atoms. The van der Waals surface area contributed by atoms with E-state index in [0.717, 1.165) is 0 Å². The Bertz CT molecular complexity index is 1240. The van der Waals surface area contributed by atoms with E-state index in [0.29, 0.717) is 0 Å². The van der Waals surface area contributed by atoms with Gasteiger partial charge in [0.15, 0.2) is 0 Å². The molecule has 0 fully saturated rings. The van der Waals surface area contributed by atoms with E-state index in [2.05, 4.69) is 71.7 Å². The Labute approximate surface area is 142 Å². The van der Waals surface area contributed by atoms with Gasteiger partial charge in [-0.25, -0.2) is 0 Å². The van der Waals surface area contributed by atoms with E-state index < -0.39 is 0 Å². The fourth-order valence-electron chi connectivity index (χ4n) is 3.92. The van der Waals surface area contributed by atoms with Crippen LogP contribution in [-0.2, 0) is 0 Å². The second-order valence-electron chi connectivity index (χ2n) is 6.19. The molecule has 2 aromatic heterocycles. The molecule has 1 nitrogen and oxygen atoms in total. The molecule has 0 saturated heterocycles. The van der Waals surface area contributed by atoms with Crippen molar-refractivity contribution in [1.82, 2.24) is 4.98 Å². The van der Waals surface area contributed by atoms with Gasteiger partial charge in [-0.05, 0) is 12.1 Å². The molecule has 0 amide bonds. The molecule has 0 atom stereocenters. The van der Waals surface area contributed by atoms with E-state index in [4.69, 9.17) is 0 Å². The summed E-state index contributed by atoms with van der Waals surface area (Å²) in [7, 11) is 0. The normalized spacial score (nSPS) is 13.2. The van der Waals surface area contributed by atoms with Crippen LogP contribution in [0.15, 0.2) is 54.6 Å². The Balaban J connectivity index is 2.05. The van der Waals surface area contributed by atoms with Gasteiger partial charge in [0.2, 0.25) is 0 Å². The van der Waals surface area contributed by atoms with Crippen molar-refractivity contribution in [3.8, 4) is 0 Å². The second-order valence-corrected chi connectivity index (χ2v) is 7.25. The second kappa shape index (κ2) is 4.33. The van der Waals surface area contributed by atoms with Crippen LogP contribution in [0, 0.1) is 6.08 Å². The maximum absolute atomic E-state index is 3.66. The Morgan fingerprint density at radius 3 is 2.62 bits per heavy atom. The molecule has 3 aromatic carbocycles. The third-order valence-corrected chi connectivity index (χ3v) is 6.13. The number of fused-ring (bicyclic) bond motifs is 10. The van der Waals surface area contributed by atoms with Crippen LogP contribution in [0.5, 0.6) is 0 Å². The van der Waals surface area contributed by atoms with Gasteiger partial charge in [-0.1, -0.05) is 36.4 Å². The molecule has 2 heteroatoms. The lowest BCUT2D eigenvalue weighted by molar-refractivity contribution is 1.53. The van der Waals surface area contributed by atoms with E-state index in [1.807, 2.05) is 17.4 Å². The average Bonchev–Trinajstić information content (AvgIpc) is 3.20. The van der Waals surface area contributed by atoms with Crippen LogP contribution in [-0.4, -0.2) is 4.98 Å². The Hall–Kier alpha value is -2.93. The number of hydrogen-bond donors (Lipinski definition) is 1. The van der Waals surface area contributed by atoms with E-state index in [-0.39, 0.29) is 0 Å². The molecule has 0 spiro atoms. The number of hydrogen-bond acceptors (Lipinski definition) is 1. The van der Waals surface area contributed by atoms with Gasteiger partial charge < -0.3 is 4.98 Å². The van der Waals surface area contributed by atoms with Crippen molar-refractivity contribution < 1.29 is 0 Å². The molecular weight excluding hydrogens is 310 g/mol. The summed E-state index contributed by atoms with van der Waals surface area (Å²) in [6, 6.07) is 17.3. The van der Waals surface area contributed by atoms with Crippen LogP contribution >= 0.6 is 11.3 Å². The van der Waals surface area contributed by atoms with Crippen LogP contribution in [0.1, 0.15) is 11.1 Å². The van der Waals surface area contributed by atoms with E-state index in [1.165, 1.54) is 53.1 Å². The van der Waals surface area contributed by atoms with Gasteiger partial charge >= 0.3 is 0 Å². The summed E-state index contributed by atoms with van der Waals surface area (Å²) in [6.07, 6.45) is 9.57. The highest BCUT2D eigenvalue weighted by molar-refractivity contribution is 7.26. The number of thiophene rings is 1. The van der Waals surface area contributed by atoms with Crippen LogP contribution in [0.2, 0.25) is 0 Å². The van der Waals surface area contributed by atoms with Crippen LogP contribution in [0.4, 0.5) is 0 Å². The molecule has 6 rings (SSSR count). The predicted octanol–water partition coefficient (Wildman–Crippen LogP) is 6.53. The largest absolute Gasteiger partial charge is 0.352 e. The Morgan fingerprint density at radius 2 is 1.67 bits per heavy atom. The van der Waals surface area contributed by atoms with E-state index >= 15 is 0 Å². The average molecular weight is 322 g/mol. The molecule has 1 N–H and O–H groups in total. The molecule has 110 valence electrons. The molecule has 1 aliphatic rings. The van der Waals surface area contributed by atoms with Crippen LogP contribution < -0.4 is 0 Å². The lowest BCUT2D eigenvalue weighted by Gasteiger charge is -2.03. The molecule has 1 aliphatic carbocycles. The van der Waals surface area contributed by atoms with Crippen molar-refractivity contribution in [3.05, 3.63) is 71.8 Å². The van der Waals surface area contributed by atoms with Crippen LogP contribution in [0.25, 0.3) is 54.1 Å². The summed E-state index contributed by atoms with van der Waals surface area (Å²) in [4.78, 5) is 3.66. The summed E-state index contributed by atoms with van der Waals surface area (Å²) in [5.41, 5.74) is 4.99. The highest BCUT2D eigenvalue weighted by Crippen LogP contribution is 2.46. The number of allylic oxidation sites excluding steroid dienone is 2. The number of nitrogens with one attached hydrogen (secondary N) is 1. The van der Waals surface area contributed by atoms with Crippen molar-refractivity contribution in [1.29, 1.82) is 0 Å². The van der Waals surface area contributed by atoms with Gasteiger partial charge in [0, 0.05) is 37.8 Å². The van der Waals surface area contributed by atoms with Crippen molar-refractivity contribution in [2.45, 2.75) is 0 Å². The van der Waals surface area contributed by atoms with Crippen molar-refractivity contribution in [2.24, 2.45) is 0 Å². The molecule has 5 aromatic rings. The zero-order valence-corrected chi connectivity index (χ0v) is 13.6. The molecule has 0 aliphatic heterocycles. The highest BCUT2D eigenvalue weighted by atomic mass is 32.1. The first-order valence-electron chi connectivity index (χ1n) is 8.05. The van der Waals surface area contributed by atoms with Gasteiger partial charge in [-0.2, -0.15) is 0 Å².